The summed E-state index contributed by atoms with van der Waals surface area (Å²) in [6.07, 6.45) is 0.867. The second-order valence-corrected chi connectivity index (χ2v) is 6.12. The molecule has 0 aliphatic rings. The van der Waals surface area contributed by atoms with Crippen LogP contribution in [0.15, 0.2) is 18.2 Å². The van der Waals surface area contributed by atoms with E-state index in [9.17, 15) is 4.79 Å². The van der Waals surface area contributed by atoms with Crippen LogP contribution in [0.1, 0.15) is 49.5 Å². The van der Waals surface area contributed by atoms with Crippen molar-refractivity contribution in [2.24, 2.45) is 5.92 Å². The largest absolute Gasteiger partial charge is 0.331 e. The number of hydrogen-bond donors (Lipinski definition) is 0. The molecular weight excluding hydrogens is 258 g/mol. The third-order valence-corrected chi connectivity index (χ3v) is 3.80. The van der Waals surface area contributed by atoms with Crippen LogP contribution in [-0.4, -0.2) is 10.9 Å². The molecular formula is C16H20ClNO. The van der Waals surface area contributed by atoms with Crippen molar-refractivity contribution in [2.75, 3.05) is 0 Å². The van der Waals surface area contributed by atoms with Gasteiger partial charge in [0.25, 0.3) is 0 Å². The van der Waals surface area contributed by atoms with E-state index < -0.39 is 0 Å². The molecule has 0 bridgehead atoms. The minimum Gasteiger partial charge on any atom is -0.331 e. The van der Waals surface area contributed by atoms with E-state index in [1.165, 1.54) is 5.56 Å². The fraction of sp³-hybridized carbons (Fsp3) is 0.438. The molecule has 0 N–H and O–H groups in total. The van der Waals surface area contributed by atoms with Crippen LogP contribution >= 0.6 is 11.6 Å². The molecule has 2 aromatic rings. The summed E-state index contributed by atoms with van der Waals surface area (Å²) in [4.78, 5) is 11.3. The predicted molar refractivity (Wildman–Crippen MR) is 81.3 cm³/mol. The van der Waals surface area contributed by atoms with E-state index in [1.807, 2.05) is 4.57 Å². The Labute approximate surface area is 119 Å². The molecule has 19 heavy (non-hydrogen) atoms. The van der Waals surface area contributed by atoms with Crippen LogP contribution in [0, 0.1) is 5.92 Å². The van der Waals surface area contributed by atoms with Gasteiger partial charge in [0.05, 0.1) is 5.56 Å². The van der Waals surface area contributed by atoms with Crippen molar-refractivity contribution in [1.82, 2.24) is 4.57 Å². The van der Waals surface area contributed by atoms with Crippen LogP contribution in [-0.2, 0) is 6.54 Å². The highest BCUT2D eigenvalue weighted by molar-refractivity contribution is 6.34. The summed E-state index contributed by atoms with van der Waals surface area (Å²) in [6.45, 7) is 9.41. The van der Waals surface area contributed by atoms with E-state index in [0.717, 1.165) is 23.7 Å². The predicted octanol–water partition coefficient (Wildman–Crippen LogP) is 4.89. The number of aromatic nitrogens is 1. The summed E-state index contributed by atoms with van der Waals surface area (Å²) in [6, 6.07) is 6.28. The summed E-state index contributed by atoms with van der Waals surface area (Å²) in [7, 11) is 0. The second-order valence-electron chi connectivity index (χ2n) is 5.76. The molecule has 1 heterocycles. The van der Waals surface area contributed by atoms with Crippen molar-refractivity contribution in [1.29, 1.82) is 0 Å². The van der Waals surface area contributed by atoms with Gasteiger partial charge in [0.1, 0.15) is 5.15 Å². The first kappa shape index (κ1) is 14.1. The Morgan fingerprint density at radius 2 is 1.95 bits per heavy atom. The molecule has 3 heteroatoms. The van der Waals surface area contributed by atoms with Gasteiger partial charge in [-0.1, -0.05) is 45.4 Å². The third kappa shape index (κ3) is 2.55. The normalized spacial score (nSPS) is 11.7. The number of aldehydes is 1. The van der Waals surface area contributed by atoms with E-state index in [4.69, 9.17) is 11.6 Å². The van der Waals surface area contributed by atoms with Crippen LogP contribution in [0.25, 0.3) is 10.9 Å². The Bertz CT molecular complexity index is 611. The van der Waals surface area contributed by atoms with Crippen molar-refractivity contribution in [2.45, 2.75) is 40.2 Å². The Morgan fingerprint density at radius 1 is 1.26 bits per heavy atom. The van der Waals surface area contributed by atoms with Gasteiger partial charge >= 0.3 is 0 Å². The smallest absolute Gasteiger partial charge is 0.153 e. The van der Waals surface area contributed by atoms with Crippen molar-refractivity contribution in [3.05, 3.63) is 34.5 Å². The number of rotatable bonds is 4. The van der Waals surface area contributed by atoms with E-state index >= 15 is 0 Å². The topological polar surface area (TPSA) is 22.0 Å². The molecule has 0 fully saturated rings. The van der Waals surface area contributed by atoms with Gasteiger partial charge in [0, 0.05) is 17.4 Å². The maximum Gasteiger partial charge on any atom is 0.153 e. The van der Waals surface area contributed by atoms with Gasteiger partial charge in [-0.05, 0) is 29.5 Å². The highest BCUT2D eigenvalue weighted by atomic mass is 35.5. The Balaban J connectivity index is 2.71. The minimum atomic E-state index is 0.441. The van der Waals surface area contributed by atoms with Gasteiger partial charge in [0.2, 0.25) is 0 Å². The monoisotopic (exact) mass is 277 g/mol. The Morgan fingerprint density at radius 3 is 2.47 bits per heavy atom. The van der Waals surface area contributed by atoms with Crippen LogP contribution in [0.3, 0.4) is 0 Å². The number of fused-ring (bicyclic) bond motifs is 1. The van der Waals surface area contributed by atoms with Crippen molar-refractivity contribution in [3.63, 3.8) is 0 Å². The second kappa shape index (κ2) is 5.38. The van der Waals surface area contributed by atoms with E-state index in [0.29, 0.717) is 22.6 Å². The molecule has 0 radical (unpaired) electrons. The average molecular weight is 278 g/mol. The van der Waals surface area contributed by atoms with E-state index in [2.05, 4.69) is 45.9 Å². The molecule has 0 spiro atoms. The first-order chi connectivity index (χ1) is 8.95. The lowest BCUT2D eigenvalue weighted by Gasteiger charge is -2.10. The summed E-state index contributed by atoms with van der Waals surface area (Å²) in [5.74, 6) is 0.925. The zero-order chi connectivity index (χ0) is 14.2. The van der Waals surface area contributed by atoms with Crippen LogP contribution in [0.4, 0.5) is 0 Å². The fourth-order valence-electron chi connectivity index (χ4n) is 2.38. The molecule has 2 nitrogen and oxygen atoms in total. The molecule has 102 valence electrons. The van der Waals surface area contributed by atoms with E-state index in [-0.39, 0.29) is 0 Å². The van der Waals surface area contributed by atoms with Crippen LogP contribution in [0.5, 0.6) is 0 Å². The van der Waals surface area contributed by atoms with E-state index in [1.54, 1.807) is 0 Å². The molecule has 0 atom stereocenters. The molecule has 0 saturated heterocycles. The van der Waals surface area contributed by atoms with Gasteiger partial charge < -0.3 is 4.57 Å². The van der Waals surface area contributed by atoms with Crippen LogP contribution in [0.2, 0.25) is 5.15 Å². The first-order valence-electron chi connectivity index (χ1n) is 6.72. The lowest BCUT2D eigenvalue weighted by atomic mass is 10.0. The maximum absolute atomic E-state index is 11.3. The number of halogens is 1. The fourth-order valence-corrected chi connectivity index (χ4v) is 2.69. The first-order valence-corrected chi connectivity index (χ1v) is 7.10. The molecule has 0 amide bonds. The highest BCUT2D eigenvalue weighted by Gasteiger charge is 2.16. The molecule has 0 unspecified atom stereocenters. The maximum atomic E-state index is 11.3. The zero-order valence-electron chi connectivity index (χ0n) is 11.9. The SMILES string of the molecule is CC(C)Cn1c(Cl)c(C=O)c2cc(C(C)C)ccc21. The van der Waals surface area contributed by atoms with Crippen molar-refractivity contribution >= 4 is 28.8 Å². The molecule has 0 aliphatic carbocycles. The number of nitrogens with zero attached hydrogens (tertiary/aromatic N) is 1. The Kier molecular flexibility index (Phi) is 4.00. The van der Waals surface area contributed by atoms with Gasteiger partial charge in [0.15, 0.2) is 6.29 Å². The lowest BCUT2D eigenvalue weighted by molar-refractivity contribution is 0.112. The van der Waals surface area contributed by atoms with Gasteiger partial charge in [-0.2, -0.15) is 0 Å². The number of hydrogen-bond acceptors (Lipinski definition) is 1. The zero-order valence-corrected chi connectivity index (χ0v) is 12.7. The highest BCUT2D eigenvalue weighted by Crippen LogP contribution is 2.32. The molecule has 2 rings (SSSR count). The van der Waals surface area contributed by atoms with Crippen LogP contribution < -0.4 is 0 Å². The minimum absolute atomic E-state index is 0.441. The molecule has 1 aromatic heterocycles. The van der Waals surface area contributed by atoms with Crippen molar-refractivity contribution in [3.8, 4) is 0 Å². The molecule has 0 saturated carbocycles. The quantitative estimate of drug-likeness (QED) is 0.730. The standard InChI is InChI=1S/C16H20ClNO/c1-10(2)8-18-15-6-5-12(11(3)4)7-13(15)14(9-19)16(18)17/h5-7,9-11H,8H2,1-4H3. The Hall–Kier alpha value is -1.28. The summed E-state index contributed by atoms with van der Waals surface area (Å²) >= 11 is 6.36. The molecule has 0 aliphatic heterocycles. The number of carbonyl (C=O) groups excluding carboxylic acids is 1. The summed E-state index contributed by atoms with van der Waals surface area (Å²) in [5, 5.41) is 1.52. The average Bonchev–Trinajstić information content (AvgIpc) is 2.61. The third-order valence-electron chi connectivity index (χ3n) is 3.39. The van der Waals surface area contributed by atoms with Gasteiger partial charge in [-0.15, -0.1) is 0 Å². The van der Waals surface area contributed by atoms with Gasteiger partial charge in [-0.3, -0.25) is 4.79 Å². The van der Waals surface area contributed by atoms with Gasteiger partial charge in [-0.25, -0.2) is 0 Å². The summed E-state index contributed by atoms with van der Waals surface area (Å²) in [5.41, 5.74) is 2.89. The molecule has 1 aromatic carbocycles. The lowest BCUT2D eigenvalue weighted by Crippen LogP contribution is -2.04. The number of benzene rings is 1. The summed E-state index contributed by atoms with van der Waals surface area (Å²) < 4.78 is 2.04. The van der Waals surface area contributed by atoms with Crippen molar-refractivity contribution < 1.29 is 4.79 Å². The number of carbonyl (C=O) groups is 1.